The Morgan fingerprint density at radius 1 is 1.22 bits per heavy atom. The summed E-state index contributed by atoms with van der Waals surface area (Å²) in [6.07, 6.45) is 1.33. The van der Waals surface area contributed by atoms with Gasteiger partial charge in [0.1, 0.15) is 5.60 Å². The molecule has 1 saturated heterocycles. The molecule has 1 rings (SSSR count). The van der Waals surface area contributed by atoms with Crippen LogP contribution in [0.2, 0.25) is 0 Å². The molecule has 0 aromatic heterocycles. The molecule has 6 nitrogen and oxygen atoms in total. The molecule has 0 spiro atoms. The minimum Gasteiger partial charge on any atom is -0.479 e. The van der Waals surface area contributed by atoms with Gasteiger partial charge in [-0.15, -0.1) is 0 Å². The Bertz CT molecular complexity index is 306. The smallest absolute Gasteiger partial charge is 0.409 e. The van der Waals surface area contributed by atoms with Gasteiger partial charge in [-0.1, -0.05) is 6.42 Å². The minimum atomic E-state index is -1.05. The largest absolute Gasteiger partial charge is 0.479 e. The van der Waals surface area contributed by atoms with Crippen LogP contribution in [0.3, 0.4) is 0 Å². The summed E-state index contributed by atoms with van der Waals surface area (Å²) in [7, 11) is 0. The van der Waals surface area contributed by atoms with Gasteiger partial charge in [0.2, 0.25) is 0 Å². The zero-order valence-corrected chi connectivity index (χ0v) is 11.2. The lowest BCUT2D eigenvalue weighted by atomic mass is 10.1. The molecule has 1 fully saturated rings. The maximum atomic E-state index is 11.6. The number of nitrogens with one attached hydrogen (secondary N) is 1. The van der Waals surface area contributed by atoms with Crippen LogP contribution in [-0.2, 0) is 9.53 Å². The Balaban J connectivity index is 2.57. The molecule has 6 heteroatoms. The number of piperidine rings is 1. The molecule has 104 valence electrons. The molecule has 0 aromatic carbocycles. The molecular weight excluding hydrogens is 236 g/mol. The first-order valence-electron chi connectivity index (χ1n) is 6.26. The molecule has 1 unspecified atom stereocenters. The van der Waals surface area contributed by atoms with Gasteiger partial charge in [0.05, 0.1) is 0 Å². The Morgan fingerprint density at radius 3 is 2.22 bits per heavy atom. The van der Waals surface area contributed by atoms with Gasteiger partial charge in [-0.3, -0.25) is 10.2 Å². The number of nitrogens with zero attached hydrogens (tertiary/aromatic N) is 1. The van der Waals surface area contributed by atoms with Crippen molar-refractivity contribution in [3.8, 4) is 0 Å². The number of carbonyl (C=O) groups excluding carboxylic acids is 1. The van der Waals surface area contributed by atoms with Crippen molar-refractivity contribution in [2.75, 3.05) is 13.1 Å². The van der Waals surface area contributed by atoms with E-state index >= 15 is 0 Å². The maximum absolute atomic E-state index is 11.6. The highest BCUT2D eigenvalue weighted by molar-refractivity contribution is 5.79. The van der Waals surface area contributed by atoms with Crippen molar-refractivity contribution in [1.29, 1.82) is 0 Å². The lowest BCUT2D eigenvalue weighted by Crippen LogP contribution is -2.55. The summed E-state index contributed by atoms with van der Waals surface area (Å²) in [6.45, 7) is 6.59. The zero-order valence-electron chi connectivity index (χ0n) is 11.2. The van der Waals surface area contributed by atoms with E-state index in [4.69, 9.17) is 9.84 Å². The Hall–Kier alpha value is -1.30. The Kier molecular flexibility index (Phi) is 4.95. The van der Waals surface area contributed by atoms with Crippen molar-refractivity contribution in [2.45, 2.75) is 51.8 Å². The average molecular weight is 258 g/mol. The van der Waals surface area contributed by atoms with E-state index in [9.17, 15) is 9.59 Å². The maximum Gasteiger partial charge on any atom is 0.409 e. The van der Waals surface area contributed by atoms with Crippen molar-refractivity contribution < 1.29 is 19.4 Å². The van der Waals surface area contributed by atoms with Crippen LogP contribution in [0.5, 0.6) is 0 Å². The number of amides is 1. The first kappa shape index (κ1) is 14.8. The van der Waals surface area contributed by atoms with Gasteiger partial charge in [-0.25, -0.2) is 9.59 Å². The van der Waals surface area contributed by atoms with E-state index in [0.29, 0.717) is 13.1 Å². The third kappa shape index (κ3) is 4.91. The first-order valence-corrected chi connectivity index (χ1v) is 6.26. The third-order valence-corrected chi connectivity index (χ3v) is 2.64. The summed E-state index contributed by atoms with van der Waals surface area (Å²) in [5, 5.41) is 11.6. The monoisotopic (exact) mass is 258 g/mol. The molecule has 0 radical (unpaired) electrons. The fourth-order valence-corrected chi connectivity index (χ4v) is 1.90. The first-order chi connectivity index (χ1) is 8.29. The van der Waals surface area contributed by atoms with Crippen molar-refractivity contribution in [3.63, 3.8) is 0 Å². The number of alkyl carbamates (subject to hydrolysis) is 1. The second-order valence-corrected chi connectivity index (χ2v) is 5.48. The molecule has 0 bridgehead atoms. The molecule has 1 heterocycles. The van der Waals surface area contributed by atoms with E-state index in [1.54, 1.807) is 25.7 Å². The van der Waals surface area contributed by atoms with E-state index in [0.717, 1.165) is 19.3 Å². The van der Waals surface area contributed by atoms with Crippen LogP contribution in [-0.4, -0.2) is 46.9 Å². The molecule has 0 saturated carbocycles. The highest BCUT2D eigenvalue weighted by atomic mass is 16.6. The van der Waals surface area contributed by atoms with Gasteiger partial charge < -0.3 is 9.84 Å². The van der Waals surface area contributed by atoms with E-state index in [1.165, 1.54) is 0 Å². The fourth-order valence-electron chi connectivity index (χ4n) is 1.90. The van der Waals surface area contributed by atoms with E-state index in [-0.39, 0.29) is 0 Å². The van der Waals surface area contributed by atoms with Crippen LogP contribution < -0.4 is 5.32 Å². The van der Waals surface area contributed by atoms with Crippen molar-refractivity contribution in [1.82, 2.24) is 10.2 Å². The van der Waals surface area contributed by atoms with Gasteiger partial charge in [-0.2, -0.15) is 0 Å². The molecule has 1 aliphatic rings. The quantitative estimate of drug-likeness (QED) is 0.800. The number of carboxylic acids is 1. The predicted molar refractivity (Wildman–Crippen MR) is 66.2 cm³/mol. The normalized spacial score (nSPS) is 19.1. The molecule has 2 N–H and O–H groups in total. The molecule has 0 aliphatic carbocycles. The number of hydrogen-bond donors (Lipinski definition) is 2. The SMILES string of the molecule is CC(C)(C)OC(=O)NC(C(=O)O)N1CCCCC1. The number of rotatable bonds is 3. The summed E-state index contributed by atoms with van der Waals surface area (Å²) in [6, 6.07) is 0. The van der Waals surface area contributed by atoms with Crippen LogP contribution >= 0.6 is 0 Å². The Morgan fingerprint density at radius 2 is 1.78 bits per heavy atom. The lowest BCUT2D eigenvalue weighted by molar-refractivity contribution is -0.145. The summed E-state index contributed by atoms with van der Waals surface area (Å²) >= 11 is 0. The summed E-state index contributed by atoms with van der Waals surface area (Å²) in [4.78, 5) is 24.5. The van der Waals surface area contributed by atoms with Gasteiger partial charge in [0.25, 0.3) is 0 Å². The fraction of sp³-hybridized carbons (Fsp3) is 0.833. The summed E-state index contributed by atoms with van der Waals surface area (Å²) in [5.41, 5.74) is -0.630. The van der Waals surface area contributed by atoms with Crippen LogP contribution in [0, 0.1) is 0 Å². The summed E-state index contributed by atoms with van der Waals surface area (Å²) in [5.74, 6) is -1.05. The van der Waals surface area contributed by atoms with Crippen LogP contribution in [0.25, 0.3) is 0 Å². The second kappa shape index (κ2) is 6.04. The molecule has 1 atom stereocenters. The Labute approximate surface area is 107 Å². The highest BCUT2D eigenvalue weighted by Crippen LogP contribution is 2.12. The average Bonchev–Trinajstić information content (AvgIpc) is 2.24. The van der Waals surface area contributed by atoms with E-state index < -0.39 is 23.8 Å². The molecule has 18 heavy (non-hydrogen) atoms. The number of hydrogen-bond acceptors (Lipinski definition) is 4. The number of ether oxygens (including phenoxy) is 1. The topological polar surface area (TPSA) is 78.9 Å². The number of carboxylic acid groups (broad SMARTS) is 1. The molecular formula is C12H22N2O4. The number of likely N-dealkylation sites (tertiary alicyclic amines) is 1. The highest BCUT2D eigenvalue weighted by Gasteiger charge is 2.30. The molecule has 1 amide bonds. The van der Waals surface area contributed by atoms with Gasteiger partial charge in [-0.05, 0) is 33.6 Å². The third-order valence-electron chi connectivity index (χ3n) is 2.64. The lowest BCUT2D eigenvalue weighted by Gasteiger charge is -2.32. The summed E-state index contributed by atoms with van der Waals surface area (Å²) < 4.78 is 5.07. The molecule has 0 aromatic rings. The van der Waals surface area contributed by atoms with Crippen molar-refractivity contribution in [3.05, 3.63) is 0 Å². The predicted octanol–water partition coefficient (Wildman–Crippen LogP) is 1.41. The second-order valence-electron chi connectivity index (χ2n) is 5.48. The van der Waals surface area contributed by atoms with Gasteiger partial charge in [0.15, 0.2) is 6.17 Å². The van der Waals surface area contributed by atoms with Crippen LogP contribution in [0.1, 0.15) is 40.0 Å². The number of aliphatic carboxylic acids is 1. The van der Waals surface area contributed by atoms with E-state index in [1.807, 2.05) is 0 Å². The van der Waals surface area contributed by atoms with Gasteiger partial charge >= 0.3 is 12.1 Å². The standard InChI is InChI=1S/C12H22N2O4/c1-12(2,3)18-11(17)13-9(10(15)16)14-7-5-4-6-8-14/h9H,4-8H2,1-3H3,(H,13,17)(H,15,16). The number of carbonyl (C=O) groups is 2. The van der Waals surface area contributed by atoms with Crippen LogP contribution in [0.4, 0.5) is 4.79 Å². The van der Waals surface area contributed by atoms with Crippen LogP contribution in [0.15, 0.2) is 0 Å². The van der Waals surface area contributed by atoms with E-state index in [2.05, 4.69) is 5.32 Å². The minimum absolute atomic E-state index is 0.630. The zero-order chi connectivity index (χ0) is 13.8. The van der Waals surface area contributed by atoms with Crippen molar-refractivity contribution in [2.24, 2.45) is 0 Å². The van der Waals surface area contributed by atoms with Crippen molar-refractivity contribution >= 4 is 12.1 Å². The van der Waals surface area contributed by atoms with Gasteiger partial charge in [0, 0.05) is 13.1 Å². The molecule has 1 aliphatic heterocycles.